The van der Waals surface area contributed by atoms with Gasteiger partial charge in [-0.2, -0.15) is 0 Å². The van der Waals surface area contributed by atoms with Gasteiger partial charge in [0.05, 0.1) is 12.9 Å². The Labute approximate surface area is 189 Å². The van der Waals surface area contributed by atoms with E-state index in [4.69, 9.17) is 16.3 Å². The second-order valence-corrected chi connectivity index (χ2v) is 10.2. The van der Waals surface area contributed by atoms with E-state index < -0.39 is 10.0 Å². The van der Waals surface area contributed by atoms with Crippen molar-refractivity contribution in [1.29, 1.82) is 0 Å². The lowest BCUT2D eigenvalue weighted by Gasteiger charge is -2.30. The zero-order chi connectivity index (χ0) is 22.3. The molecule has 0 atom stereocenters. The summed E-state index contributed by atoms with van der Waals surface area (Å²) in [4.78, 5) is 12.5. The number of ether oxygens (including phenoxy) is 1. The Morgan fingerprint density at radius 2 is 1.84 bits per heavy atom. The minimum atomic E-state index is -3.41. The molecule has 0 radical (unpaired) electrons. The minimum absolute atomic E-state index is 0.0143. The van der Waals surface area contributed by atoms with Crippen LogP contribution < -0.4 is 10.1 Å². The zero-order valence-corrected chi connectivity index (χ0v) is 19.3. The first-order chi connectivity index (χ1) is 14.9. The van der Waals surface area contributed by atoms with Gasteiger partial charge in [0.15, 0.2) is 0 Å². The fraction of sp³-hybridized carbons (Fsp3) is 0.435. The van der Waals surface area contributed by atoms with E-state index in [-0.39, 0.29) is 17.6 Å². The molecule has 2 aromatic carbocycles. The number of carbonyl (C=O) groups excluding carboxylic acids is 1. The zero-order valence-electron chi connectivity index (χ0n) is 17.7. The maximum Gasteiger partial charge on any atom is 0.223 e. The monoisotopic (exact) mass is 464 g/mol. The van der Waals surface area contributed by atoms with Crippen molar-refractivity contribution in [3.63, 3.8) is 0 Å². The third-order valence-corrected chi connectivity index (χ3v) is 7.66. The number of hydrogen-bond donors (Lipinski definition) is 1. The molecule has 1 aliphatic heterocycles. The van der Waals surface area contributed by atoms with Gasteiger partial charge < -0.3 is 10.1 Å². The van der Waals surface area contributed by atoms with Gasteiger partial charge in [0.1, 0.15) is 5.75 Å². The Morgan fingerprint density at radius 3 is 2.52 bits per heavy atom. The summed E-state index contributed by atoms with van der Waals surface area (Å²) in [7, 11) is -1.76. The molecule has 2 aromatic rings. The van der Waals surface area contributed by atoms with Crippen LogP contribution in [0.1, 0.15) is 30.4 Å². The maximum absolute atomic E-state index is 12.7. The van der Waals surface area contributed by atoms with Crippen molar-refractivity contribution in [2.45, 2.75) is 31.4 Å². The smallest absolute Gasteiger partial charge is 0.223 e. The molecule has 1 amide bonds. The second-order valence-electron chi connectivity index (χ2n) is 7.80. The number of benzene rings is 2. The molecule has 0 aliphatic carbocycles. The summed E-state index contributed by atoms with van der Waals surface area (Å²) in [5.74, 6) is 0.657. The van der Waals surface area contributed by atoms with Crippen LogP contribution in [0.15, 0.2) is 48.5 Å². The number of rotatable bonds is 9. The molecule has 168 valence electrons. The molecule has 31 heavy (non-hydrogen) atoms. The highest BCUT2D eigenvalue weighted by Crippen LogP contribution is 2.22. The fourth-order valence-electron chi connectivity index (χ4n) is 3.76. The van der Waals surface area contributed by atoms with Crippen molar-refractivity contribution in [3.8, 4) is 5.75 Å². The largest absolute Gasteiger partial charge is 0.497 e. The van der Waals surface area contributed by atoms with Gasteiger partial charge in [-0.05, 0) is 61.1 Å². The number of piperidine rings is 1. The van der Waals surface area contributed by atoms with Gasteiger partial charge in [0, 0.05) is 30.6 Å². The van der Waals surface area contributed by atoms with E-state index in [2.05, 4.69) is 5.32 Å². The predicted molar refractivity (Wildman–Crippen MR) is 123 cm³/mol. The molecule has 8 heteroatoms. The van der Waals surface area contributed by atoms with Crippen LogP contribution in [0.2, 0.25) is 5.02 Å². The van der Waals surface area contributed by atoms with Crippen LogP contribution >= 0.6 is 11.6 Å². The summed E-state index contributed by atoms with van der Waals surface area (Å²) in [6, 6.07) is 14.8. The van der Waals surface area contributed by atoms with E-state index in [1.165, 1.54) is 9.87 Å². The van der Waals surface area contributed by atoms with Gasteiger partial charge in [0.25, 0.3) is 0 Å². The Morgan fingerprint density at radius 1 is 1.13 bits per heavy atom. The molecule has 0 bridgehead atoms. The lowest BCUT2D eigenvalue weighted by atomic mass is 9.97. The van der Waals surface area contributed by atoms with Gasteiger partial charge in [-0.25, -0.2) is 12.7 Å². The van der Waals surface area contributed by atoms with Crippen LogP contribution in [0, 0.1) is 5.92 Å². The molecule has 0 spiro atoms. The number of sulfonamides is 1. The molecular formula is C23H29ClN2O4S. The quantitative estimate of drug-likeness (QED) is 0.575. The molecule has 0 unspecified atom stereocenters. The molecule has 0 saturated carbocycles. The van der Waals surface area contributed by atoms with Gasteiger partial charge in [0.2, 0.25) is 15.9 Å². The fourth-order valence-corrected chi connectivity index (χ4v) is 5.44. The lowest BCUT2D eigenvalue weighted by Crippen LogP contribution is -2.43. The molecular weight excluding hydrogens is 436 g/mol. The first-order valence-corrected chi connectivity index (χ1v) is 12.5. The molecule has 1 saturated heterocycles. The Bertz CT molecular complexity index is 971. The van der Waals surface area contributed by atoms with Gasteiger partial charge in [-0.3, -0.25) is 4.79 Å². The SMILES string of the molecule is COc1cccc(CCCNC(=O)C2CCN(S(=O)(=O)Cc3ccc(Cl)cc3)CC2)c1. The Kier molecular flexibility index (Phi) is 8.35. The van der Waals surface area contributed by atoms with Crippen molar-refractivity contribution >= 4 is 27.5 Å². The number of carbonyl (C=O) groups is 1. The maximum atomic E-state index is 12.7. The molecule has 6 nitrogen and oxygen atoms in total. The van der Waals surface area contributed by atoms with Crippen molar-refractivity contribution in [2.75, 3.05) is 26.7 Å². The first kappa shape index (κ1) is 23.6. The molecule has 1 aliphatic rings. The first-order valence-electron chi connectivity index (χ1n) is 10.5. The van der Waals surface area contributed by atoms with Gasteiger partial charge in [-0.1, -0.05) is 35.9 Å². The van der Waals surface area contributed by atoms with Crippen molar-refractivity contribution in [3.05, 3.63) is 64.7 Å². The highest BCUT2D eigenvalue weighted by Gasteiger charge is 2.31. The highest BCUT2D eigenvalue weighted by molar-refractivity contribution is 7.88. The molecule has 1 fully saturated rings. The van der Waals surface area contributed by atoms with Crippen LogP contribution in [0.4, 0.5) is 0 Å². The van der Waals surface area contributed by atoms with Crippen LogP contribution in [0.25, 0.3) is 0 Å². The van der Waals surface area contributed by atoms with Crippen molar-refractivity contribution in [1.82, 2.24) is 9.62 Å². The number of hydrogen-bond acceptors (Lipinski definition) is 4. The van der Waals surface area contributed by atoms with E-state index in [0.717, 1.165) is 18.6 Å². The van der Waals surface area contributed by atoms with Crippen LogP contribution in [0.5, 0.6) is 5.75 Å². The van der Waals surface area contributed by atoms with Gasteiger partial charge in [-0.15, -0.1) is 0 Å². The number of methoxy groups -OCH3 is 1. The average molecular weight is 465 g/mol. The number of halogens is 1. The molecule has 3 rings (SSSR count). The Hall–Kier alpha value is -2.09. The minimum Gasteiger partial charge on any atom is -0.497 e. The van der Waals surface area contributed by atoms with Crippen molar-refractivity contribution < 1.29 is 17.9 Å². The van der Waals surface area contributed by atoms with Crippen molar-refractivity contribution in [2.24, 2.45) is 5.92 Å². The van der Waals surface area contributed by atoms with Crippen LogP contribution in [-0.4, -0.2) is 45.4 Å². The van der Waals surface area contributed by atoms with Crippen LogP contribution in [-0.2, 0) is 27.0 Å². The van der Waals surface area contributed by atoms with E-state index in [1.807, 2.05) is 24.3 Å². The average Bonchev–Trinajstić information content (AvgIpc) is 2.78. The van der Waals surface area contributed by atoms with Gasteiger partial charge >= 0.3 is 0 Å². The highest BCUT2D eigenvalue weighted by atomic mass is 35.5. The standard InChI is InChI=1S/C23H29ClN2O4S/c1-30-22-6-2-4-18(16-22)5-3-13-25-23(27)20-11-14-26(15-12-20)31(28,29)17-19-7-9-21(24)10-8-19/h2,4,6-10,16,20H,3,5,11-15,17H2,1H3,(H,25,27). The summed E-state index contributed by atoms with van der Waals surface area (Å²) < 4.78 is 32.1. The molecule has 0 aromatic heterocycles. The van der Waals surface area contributed by atoms with E-state index in [1.54, 1.807) is 31.4 Å². The topological polar surface area (TPSA) is 75.7 Å². The number of nitrogens with one attached hydrogen (secondary N) is 1. The number of amides is 1. The third kappa shape index (κ3) is 6.95. The summed E-state index contributed by atoms with van der Waals surface area (Å²) >= 11 is 5.86. The van der Waals surface area contributed by atoms with E-state index in [0.29, 0.717) is 43.1 Å². The summed E-state index contributed by atoms with van der Waals surface area (Å²) in [6.45, 7) is 1.35. The number of nitrogens with zero attached hydrogens (tertiary/aromatic N) is 1. The van der Waals surface area contributed by atoms with E-state index in [9.17, 15) is 13.2 Å². The third-order valence-electron chi connectivity index (χ3n) is 5.56. The lowest BCUT2D eigenvalue weighted by molar-refractivity contribution is -0.126. The molecule has 1 heterocycles. The predicted octanol–water partition coefficient (Wildman–Crippen LogP) is 3.64. The second kappa shape index (κ2) is 11.0. The normalized spacial score (nSPS) is 15.5. The van der Waals surface area contributed by atoms with E-state index >= 15 is 0 Å². The van der Waals surface area contributed by atoms with Crippen LogP contribution in [0.3, 0.4) is 0 Å². The summed E-state index contributed by atoms with van der Waals surface area (Å²) in [5.41, 5.74) is 1.88. The molecule has 1 N–H and O–H groups in total. The number of aryl methyl sites for hydroxylation is 1. The Balaban J connectivity index is 1.40. The summed E-state index contributed by atoms with van der Waals surface area (Å²) in [6.07, 6.45) is 2.79. The summed E-state index contributed by atoms with van der Waals surface area (Å²) in [5, 5.41) is 3.58.